The van der Waals surface area contributed by atoms with Crippen molar-refractivity contribution in [3.63, 3.8) is 0 Å². The van der Waals surface area contributed by atoms with Gasteiger partial charge in [-0.15, -0.1) is 0 Å². The highest BCUT2D eigenvalue weighted by atomic mass is 19.1. The molecule has 238 valence electrons. The van der Waals surface area contributed by atoms with Crippen LogP contribution in [0.15, 0.2) is 91.0 Å². The largest absolute Gasteiger partial charge is 0.341 e. The molecule has 1 aliphatic rings. The van der Waals surface area contributed by atoms with Crippen molar-refractivity contribution >= 4 is 40.0 Å². The van der Waals surface area contributed by atoms with E-state index in [9.17, 15) is 29.3 Å². The van der Waals surface area contributed by atoms with Crippen LogP contribution in [0.25, 0.3) is 16.6 Å². The molecule has 4 aromatic carbocycles. The Morgan fingerprint density at radius 3 is 2.42 bits per heavy atom. The summed E-state index contributed by atoms with van der Waals surface area (Å²) < 4.78 is 15.4. The van der Waals surface area contributed by atoms with Gasteiger partial charge in [0.05, 0.1) is 64.6 Å². The predicted octanol–water partition coefficient (Wildman–Crippen LogP) is 4.19. The van der Waals surface area contributed by atoms with Gasteiger partial charge in [0.15, 0.2) is 0 Å². The molecule has 2 unspecified atom stereocenters. The minimum absolute atomic E-state index is 0.0769. The first-order valence-electron chi connectivity index (χ1n) is 15.1. The monoisotopic (exact) mass is 640 g/mol. The molecule has 0 fully saturated rings. The molecule has 0 saturated carbocycles. The summed E-state index contributed by atoms with van der Waals surface area (Å²) in [4.78, 5) is 44.5. The highest BCUT2D eigenvalue weighted by molar-refractivity contribution is 6.13. The summed E-state index contributed by atoms with van der Waals surface area (Å²) in [6.45, 7) is 1.30. The van der Waals surface area contributed by atoms with Crippen LogP contribution in [0.3, 0.4) is 0 Å². The SMILES string of the molecule is CNC(C)C(=O)NC1CN(C(=O)c2ccc(F)cc2)c2cc(C#N)ccc2N(Cc2nn(-c3ccccc3C#N)c3ccccc23)C1=O. The molecule has 5 aromatic rings. The maximum Gasteiger partial charge on any atom is 0.258 e. The van der Waals surface area contributed by atoms with Crippen LogP contribution in [0.4, 0.5) is 15.8 Å². The summed E-state index contributed by atoms with van der Waals surface area (Å²) in [7, 11) is 1.61. The van der Waals surface area contributed by atoms with Gasteiger partial charge in [-0.1, -0.05) is 30.3 Å². The summed E-state index contributed by atoms with van der Waals surface area (Å²) >= 11 is 0. The van der Waals surface area contributed by atoms with E-state index in [1.165, 1.54) is 28.0 Å². The van der Waals surface area contributed by atoms with Gasteiger partial charge in [-0.3, -0.25) is 14.4 Å². The molecule has 2 N–H and O–H groups in total. The fraction of sp³-hybridized carbons (Fsp3) is 0.167. The molecule has 2 heterocycles. The quantitative estimate of drug-likeness (QED) is 0.271. The van der Waals surface area contributed by atoms with Gasteiger partial charge >= 0.3 is 0 Å². The van der Waals surface area contributed by atoms with Gasteiger partial charge in [-0.05, 0) is 74.6 Å². The molecule has 0 bridgehead atoms. The lowest BCUT2D eigenvalue weighted by molar-refractivity contribution is -0.128. The van der Waals surface area contributed by atoms with E-state index in [0.717, 1.165) is 17.5 Å². The number of fused-ring (bicyclic) bond motifs is 2. The number of rotatable bonds is 7. The minimum Gasteiger partial charge on any atom is -0.341 e. The number of anilines is 2. The van der Waals surface area contributed by atoms with Crippen LogP contribution in [0.2, 0.25) is 0 Å². The molecule has 0 spiro atoms. The van der Waals surface area contributed by atoms with E-state index in [4.69, 9.17) is 5.10 Å². The number of nitriles is 2. The average molecular weight is 641 g/mol. The van der Waals surface area contributed by atoms with E-state index in [1.54, 1.807) is 55.1 Å². The lowest BCUT2D eigenvalue weighted by atomic mass is 10.1. The molecule has 6 rings (SSSR count). The van der Waals surface area contributed by atoms with Crippen molar-refractivity contribution in [2.45, 2.75) is 25.6 Å². The standard InChI is InChI=1S/C36H29FN8O3/c1-22(40-2)34(46)41-29-21-44(35(47)24-12-14-26(37)15-13-24)33-17-23(18-38)11-16-32(33)43(36(29)48)20-28-27-8-4-6-10-31(27)45(42-28)30-9-5-3-7-25(30)19-39/h3-17,22,29,40H,20-21H2,1-2H3,(H,41,46). The van der Waals surface area contributed by atoms with E-state index in [2.05, 4.69) is 22.8 Å². The summed E-state index contributed by atoms with van der Waals surface area (Å²) in [5.41, 5.74) is 3.14. The zero-order valence-corrected chi connectivity index (χ0v) is 26.0. The van der Waals surface area contributed by atoms with E-state index in [0.29, 0.717) is 28.1 Å². The maximum atomic E-state index is 14.5. The number of amides is 3. The summed E-state index contributed by atoms with van der Waals surface area (Å²) in [5, 5.41) is 30.8. The number of benzene rings is 4. The van der Waals surface area contributed by atoms with E-state index in [-0.39, 0.29) is 29.9 Å². The lowest BCUT2D eigenvalue weighted by Crippen LogP contribution is -2.55. The predicted molar refractivity (Wildman–Crippen MR) is 177 cm³/mol. The molecule has 1 aliphatic heterocycles. The third kappa shape index (κ3) is 5.84. The number of likely N-dealkylation sites (N-methyl/N-ethyl adjacent to an activating group) is 1. The molecular formula is C36H29FN8O3. The van der Waals surface area contributed by atoms with Crippen molar-refractivity contribution in [2.75, 3.05) is 23.4 Å². The van der Waals surface area contributed by atoms with Crippen LogP contribution in [0.5, 0.6) is 0 Å². The van der Waals surface area contributed by atoms with Crippen LogP contribution < -0.4 is 20.4 Å². The molecule has 48 heavy (non-hydrogen) atoms. The lowest BCUT2D eigenvalue weighted by Gasteiger charge is -2.26. The normalized spacial score (nSPS) is 14.9. The Kier molecular flexibility index (Phi) is 8.67. The zero-order chi connectivity index (χ0) is 33.9. The van der Waals surface area contributed by atoms with Crippen molar-refractivity contribution < 1.29 is 18.8 Å². The smallest absolute Gasteiger partial charge is 0.258 e. The van der Waals surface area contributed by atoms with Crippen molar-refractivity contribution in [3.05, 3.63) is 119 Å². The van der Waals surface area contributed by atoms with Crippen LogP contribution in [-0.4, -0.2) is 53.2 Å². The van der Waals surface area contributed by atoms with Gasteiger partial charge in [-0.25, -0.2) is 9.07 Å². The number of halogens is 1. The molecule has 2 atom stereocenters. The second-order valence-electron chi connectivity index (χ2n) is 11.2. The number of aromatic nitrogens is 2. The van der Waals surface area contributed by atoms with Gasteiger partial charge in [-0.2, -0.15) is 15.6 Å². The Bertz CT molecular complexity index is 2150. The van der Waals surface area contributed by atoms with Crippen molar-refractivity contribution in [2.24, 2.45) is 0 Å². The highest BCUT2D eigenvalue weighted by Crippen LogP contribution is 2.37. The minimum atomic E-state index is -1.21. The van der Waals surface area contributed by atoms with Crippen molar-refractivity contribution in [1.29, 1.82) is 10.5 Å². The van der Waals surface area contributed by atoms with Gasteiger partial charge in [0.1, 0.15) is 17.9 Å². The molecule has 1 aromatic heterocycles. The Morgan fingerprint density at radius 2 is 1.69 bits per heavy atom. The first-order valence-corrected chi connectivity index (χ1v) is 15.1. The Balaban J connectivity index is 1.52. The van der Waals surface area contributed by atoms with E-state index >= 15 is 0 Å². The number of para-hydroxylation sites is 2. The van der Waals surface area contributed by atoms with Crippen LogP contribution in [0, 0.1) is 28.5 Å². The van der Waals surface area contributed by atoms with Crippen molar-refractivity contribution in [3.8, 4) is 17.8 Å². The summed E-state index contributed by atoms with van der Waals surface area (Å²) in [5.74, 6) is -2.05. The van der Waals surface area contributed by atoms with Crippen molar-refractivity contribution in [1.82, 2.24) is 20.4 Å². The van der Waals surface area contributed by atoms with Crippen LogP contribution in [-0.2, 0) is 16.1 Å². The number of hydrogen-bond acceptors (Lipinski definition) is 7. The highest BCUT2D eigenvalue weighted by Gasteiger charge is 2.38. The fourth-order valence-electron chi connectivity index (χ4n) is 5.68. The number of hydrogen-bond donors (Lipinski definition) is 2. The molecule has 3 amide bonds. The first kappa shape index (κ1) is 31.6. The Morgan fingerprint density at radius 1 is 0.958 bits per heavy atom. The molecule has 0 aliphatic carbocycles. The summed E-state index contributed by atoms with van der Waals surface area (Å²) in [6.07, 6.45) is 0. The van der Waals surface area contributed by atoms with Gasteiger partial charge in [0.25, 0.3) is 11.8 Å². The second kappa shape index (κ2) is 13.2. The molecule has 11 nitrogen and oxygen atoms in total. The van der Waals surface area contributed by atoms with Gasteiger partial charge < -0.3 is 20.4 Å². The Hall–Kier alpha value is -6.37. The number of carbonyl (C=O) groups is 3. The first-order chi connectivity index (χ1) is 23.2. The Labute approximate surface area is 275 Å². The van der Waals surface area contributed by atoms with E-state index < -0.39 is 35.6 Å². The fourth-order valence-corrected chi connectivity index (χ4v) is 5.68. The topological polar surface area (TPSA) is 147 Å². The van der Waals surface area contributed by atoms with Crippen LogP contribution in [0.1, 0.15) is 34.1 Å². The van der Waals surface area contributed by atoms with Gasteiger partial charge in [0, 0.05) is 10.9 Å². The second-order valence-corrected chi connectivity index (χ2v) is 11.2. The third-order valence-corrected chi connectivity index (χ3v) is 8.32. The molecule has 12 heteroatoms. The third-order valence-electron chi connectivity index (χ3n) is 8.32. The summed E-state index contributed by atoms with van der Waals surface area (Å²) in [6, 6.07) is 26.5. The molecule has 0 saturated heterocycles. The zero-order valence-electron chi connectivity index (χ0n) is 26.0. The molecule has 0 radical (unpaired) electrons. The average Bonchev–Trinajstić information content (AvgIpc) is 3.44. The number of carbonyl (C=O) groups excluding carboxylic acids is 3. The van der Waals surface area contributed by atoms with E-state index in [1.807, 2.05) is 24.3 Å². The van der Waals surface area contributed by atoms with Crippen LogP contribution >= 0.6 is 0 Å². The number of nitrogens with zero attached hydrogens (tertiary/aromatic N) is 6. The molecular weight excluding hydrogens is 611 g/mol. The maximum absolute atomic E-state index is 14.5. The number of nitrogens with one attached hydrogen (secondary N) is 2. The van der Waals surface area contributed by atoms with Gasteiger partial charge in [0.2, 0.25) is 5.91 Å².